The molecule has 0 aromatic carbocycles. The predicted octanol–water partition coefficient (Wildman–Crippen LogP) is 7.83. The van der Waals surface area contributed by atoms with Crippen LogP contribution < -0.4 is 0 Å². The molecule has 0 fully saturated rings. The van der Waals surface area contributed by atoms with Gasteiger partial charge in [-0.05, 0) is 38.0 Å². The average Bonchev–Trinajstić information content (AvgIpc) is 2.61. The van der Waals surface area contributed by atoms with Gasteiger partial charge < -0.3 is 9.47 Å². The Morgan fingerprint density at radius 3 is 1.81 bits per heavy atom. The third-order valence-corrected chi connectivity index (χ3v) is 4.52. The van der Waals surface area contributed by atoms with Gasteiger partial charge in [0.15, 0.2) is 0 Å². The lowest BCUT2D eigenvalue weighted by Gasteiger charge is -2.07. The average molecular weight is 369 g/mol. The molecule has 0 saturated heterocycles. The quantitative estimate of drug-likeness (QED) is 0.140. The lowest BCUT2D eigenvalue weighted by Crippen LogP contribution is -2.09. The maximum Gasteiger partial charge on any atom is 0.508 e. The summed E-state index contributed by atoms with van der Waals surface area (Å²) in [6, 6.07) is 0. The maximum absolute atomic E-state index is 11.4. The molecule has 0 radical (unpaired) electrons. The Bertz CT molecular complexity index is 323. The Morgan fingerprint density at radius 1 is 0.731 bits per heavy atom. The van der Waals surface area contributed by atoms with E-state index in [0.717, 1.165) is 31.6 Å². The van der Waals surface area contributed by atoms with Gasteiger partial charge in [-0.2, -0.15) is 0 Å². The van der Waals surface area contributed by atoms with Gasteiger partial charge in [-0.3, -0.25) is 0 Å². The van der Waals surface area contributed by atoms with E-state index >= 15 is 0 Å². The number of allylic oxidation sites excluding steroid dienone is 2. The highest BCUT2D eigenvalue weighted by Gasteiger charge is 2.03. The van der Waals surface area contributed by atoms with Crippen LogP contribution in [0.2, 0.25) is 0 Å². The summed E-state index contributed by atoms with van der Waals surface area (Å²) in [5.74, 6) is 0.758. The smallest absolute Gasteiger partial charge is 0.434 e. The summed E-state index contributed by atoms with van der Waals surface area (Å²) in [7, 11) is 0. The summed E-state index contributed by atoms with van der Waals surface area (Å²) < 4.78 is 10.2. The maximum atomic E-state index is 11.4. The number of ether oxygens (including phenoxy) is 2. The van der Waals surface area contributed by atoms with Crippen LogP contribution in [0.1, 0.15) is 111 Å². The van der Waals surface area contributed by atoms with E-state index in [0.29, 0.717) is 13.2 Å². The summed E-state index contributed by atoms with van der Waals surface area (Å²) >= 11 is 0. The zero-order valence-corrected chi connectivity index (χ0v) is 17.8. The van der Waals surface area contributed by atoms with E-state index < -0.39 is 6.16 Å². The summed E-state index contributed by atoms with van der Waals surface area (Å²) in [6.45, 7) is 7.69. The Balaban J connectivity index is 3.20. The van der Waals surface area contributed by atoms with E-state index in [1.165, 1.54) is 64.2 Å². The van der Waals surface area contributed by atoms with Crippen LogP contribution in [0.3, 0.4) is 0 Å². The normalized spacial score (nSPS) is 11.4. The molecule has 0 heterocycles. The molecule has 0 aromatic rings. The topological polar surface area (TPSA) is 35.5 Å². The Labute approximate surface area is 162 Å². The third kappa shape index (κ3) is 21.1. The van der Waals surface area contributed by atoms with Crippen molar-refractivity contribution < 1.29 is 14.3 Å². The molecule has 3 heteroatoms. The SMILES string of the molecule is CCCC/C=C\CCCCCCCCOC(=O)OCCCCCC(C)C. The van der Waals surface area contributed by atoms with Crippen molar-refractivity contribution >= 4 is 6.16 Å². The van der Waals surface area contributed by atoms with E-state index in [4.69, 9.17) is 9.47 Å². The second-order valence-corrected chi connectivity index (χ2v) is 7.71. The van der Waals surface area contributed by atoms with Crippen LogP contribution in [0, 0.1) is 5.92 Å². The first-order valence-corrected chi connectivity index (χ1v) is 11.1. The number of unbranched alkanes of at least 4 members (excludes halogenated alkanes) is 10. The van der Waals surface area contributed by atoms with Gasteiger partial charge in [-0.25, -0.2) is 4.79 Å². The van der Waals surface area contributed by atoms with Gasteiger partial charge in [-0.1, -0.05) is 90.7 Å². The van der Waals surface area contributed by atoms with E-state index in [9.17, 15) is 4.79 Å². The van der Waals surface area contributed by atoms with Gasteiger partial charge in [0.2, 0.25) is 0 Å². The Kier molecular flexibility index (Phi) is 19.5. The largest absolute Gasteiger partial charge is 0.508 e. The summed E-state index contributed by atoms with van der Waals surface area (Å²) in [5.41, 5.74) is 0. The van der Waals surface area contributed by atoms with Gasteiger partial charge in [0.25, 0.3) is 0 Å². The van der Waals surface area contributed by atoms with Gasteiger partial charge in [0.05, 0.1) is 13.2 Å². The molecule has 0 atom stereocenters. The molecule has 3 nitrogen and oxygen atoms in total. The second-order valence-electron chi connectivity index (χ2n) is 7.71. The highest BCUT2D eigenvalue weighted by Crippen LogP contribution is 2.09. The van der Waals surface area contributed by atoms with Gasteiger partial charge >= 0.3 is 6.16 Å². The molecule has 0 spiro atoms. The highest BCUT2D eigenvalue weighted by atomic mass is 16.7. The van der Waals surface area contributed by atoms with Gasteiger partial charge in [0, 0.05) is 0 Å². The monoisotopic (exact) mass is 368 g/mol. The lowest BCUT2D eigenvalue weighted by atomic mass is 10.1. The second kappa shape index (κ2) is 20.3. The van der Waals surface area contributed by atoms with Crippen molar-refractivity contribution in [3.05, 3.63) is 12.2 Å². The van der Waals surface area contributed by atoms with E-state index in [-0.39, 0.29) is 0 Å². The van der Waals surface area contributed by atoms with Crippen LogP contribution in [-0.2, 0) is 9.47 Å². The van der Waals surface area contributed by atoms with Crippen LogP contribution >= 0.6 is 0 Å². The first kappa shape index (κ1) is 25.0. The molecule has 0 aliphatic carbocycles. The van der Waals surface area contributed by atoms with Crippen LogP contribution in [-0.4, -0.2) is 19.4 Å². The van der Waals surface area contributed by atoms with Crippen molar-refractivity contribution in [2.45, 2.75) is 111 Å². The fourth-order valence-electron chi connectivity index (χ4n) is 2.81. The number of rotatable bonds is 18. The van der Waals surface area contributed by atoms with Crippen LogP contribution in [0.5, 0.6) is 0 Å². The fourth-order valence-corrected chi connectivity index (χ4v) is 2.81. The summed E-state index contributed by atoms with van der Waals surface area (Å²) in [4.78, 5) is 11.4. The molecule has 0 amide bonds. The molecule has 0 rings (SSSR count). The van der Waals surface area contributed by atoms with Crippen molar-refractivity contribution in [2.75, 3.05) is 13.2 Å². The summed E-state index contributed by atoms with van der Waals surface area (Å²) in [5, 5.41) is 0. The number of hydrogen-bond acceptors (Lipinski definition) is 3. The standard InChI is InChI=1S/C23H44O3/c1-4-5-6-7-8-9-10-11-12-13-14-17-20-25-23(24)26-21-18-15-16-19-22(2)3/h7-8,22H,4-6,9-21H2,1-3H3/b8-7-. The van der Waals surface area contributed by atoms with Crippen LogP contribution in [0.4, 0.5) is 4.79 Å². The number of carbonyl (C=O) groups excluding carboxylic acids is 1. The lowest BCUT2D eigenvalue weighted by molar-refractivity contribution is 0.0528. The highest BCUT2D eigenvalue weighted by molar-refractivity contribution is 5.59. The molecule has 0 aliphatic heterocycles. The van der Waals surface area contributed by atoms with Crippen molar-refractivity contribution in [3.63, 3.8) is 0 Å². The zero-order valence-electron chi connectivity index (χ0n) is 17.8. The molecule has 154 valence electrons. The van der Waals surface area contributed by atoms with Gasteiger partial charge in [0.1, 0.15) is 0 Å². The molecular formula is C23H44O3. The molecule has 0 saturated carbocycles. The molecule has 0 N–H and O–H groups in total. The van der Waals surface area contributed by atoms with Crippen molar-refractivity contribution in [2.24, 2.45) is 5.92 Å². The van der Waals surface area contributed by atoms with Gasteiger partial charge in [-0.15, -0.1) is 0 Å². The van der Waals surface area contributed by atoms with E-state index in [1.807, 2.05) is 0 Å². The molecule has 0 aliphatic rings. The first-order chi connectivity index (χ1) is 12.7. The summed E-state index contributed by atoms with van der Waals surface area (Å²) in [6.07, 6.45) is 20.9. The van der Waals surface area contributed by atoms with Crippen LogP contribution in [0.25, 0.3) is 0 Å². The third-order valence-electron chi connectivity index (χ3n) is 4.52. The van der Waals surface area contributed by atoms with E-state index in [2.05, 4.69) is 32.9 Å². The van der Waals surface area contributed by atoms with Crippen molar-refractivity contribution in [3.8, 4) is 0 Å². The molecular weight excluding hydrogens is 324 g/mol. The Hall–Kier alpha value is -0.990. The van der Waals surface area contributed by atoms with Crippen LogP contribution in [0.15, 0.2) is 12.2 Å². The van der Waals surface area contributed by atoms with E-state index in [1.54, 1.807) is 0 Å². The molecule has 26 heavy (non-hydrogen) atoms. The molecule has 0 unspecified atom stereocenters. The zero-order chi connectivity index (χ0) is 19.3. The molecule has 0 bridgehead atoms. The number of hydrogen-bond donors (Lipinski definition) is 0. The van der Waals surface area contributed by atoms with Crippen molar-refractivity contribution in [1.82, 2.24) is 0 Å². The first-order valence-electron chi connectivity index (χ1n) is 11.1. The minimum atomic E-state index is -0.497. The number of carbonyl (C=O) groups is 1. The van der Waals surface area contributed by atoms with Crippen molar-refractivity contribution in [1.29, 1.82) is 0 Å². The minimum Gasteiger partial charge on any atom is -0.434 e. The Morgan fingerprint density at radius 2 is 1.23 bits per heavy atom. The molecule has 0 aromatic heterocycles. The predicted molar refractivity (Wildman–Crippen MR) is 112 cm³/mol. The minimum absolute atomic E-state index is 0.490. The fraction of sp³-hybridized carbons (Fsp3) is 0.870.